The first kappa shape index (κ1) is 15.5. The van der Waals surface area contributed by atoms with E-state index in [1.165, 1.54) is 7.05 Å². The van der Waals surface area contributed by atoms with Crippen molar-refractivity contribution in [3.63, 3.8) is 0 Å². The van der Waals surface area contributed by atoms with E-state index >= 15 is 0 Å². The molecule has 1 saturated heterocycles. The van der Waals surface area contributed by atoms with E-state index in [1.54, 1.807) is 24.3 Å². The van der Waals surface area contributed by atoms with E-state index in [-0.39, 0.29) is 0 Å². The van der Waals surface area contributed by atoms with Gasteiger partial charge in [-0.05, 0) is 19.1 Å². The van der Waals surface area contributed by atoms with Crippen molar-refractivity contribution in [2.24, 2.45) is 0 Å². The van der Waals surface area contributed by atoms with E-state index in [4.69, 9.17) is 4.74 Å². The molecule has 22 heavy (non-hydrogen) atoms. The number of hydrogen-bond donors (Lipinski definition) is 1. The van der Waals surface area contributed by atoms with Crippen molar-refractivity contribution in [3.05, 3.63) is 24.3 Å². The quantitative estimate of drug-likeness (QED) is 0.629. The Morgan fingerprint density at radius 2 is 1.86 bits per heavy atom. The highest BCUT2D eigenvalue weighted by Gasteiger charge is 2.42. The van der Waals surface area contributed by atoms with Crippen LogP contribution in [-0.2, 0) is 14.4 Å². The normalized spacial score (nSPS) is 14.5. The summed E-state index contributed by atoms with van der Waals surface area (Å²) in [5, 5.41) is 2.55. The molecule has 1 aliphatic heterocycles. The summed E-state index contributed by atoms with van der Waals surface area (Å²) in [7, 11) is 1.19. The second-order valence-corrected chi connectivity index (χ2v) is 4.52. The number of amides is 5. The van der Waals surface area contributed by atoms with E-state index < -0.39 is 30.3 Å². The molecule has 1 aromatic rings. The van der Waals surface area contributed by atoms with Crippen LogP contribution in [0.1, 0.15) is 6.92 Å². The number of anilines is 1. The summed E-state index contributed by atoms with van der Waals surface area (Å²) in [5.41, 5.74) is 0.424. The van der Waals surface area contributed by atoms with Crippen molar-refractivity contribution in [3.8, 4) is 5.75 Å². The first-order valence-corrected chi connectivity index (χ1v) is 6.61. The molecule has 1 aliphatic rings. The first-order chi connectivity index (χ1) is 10.5. The lowest BCUT2D eigenvalue weighted by atomic mass is 10.3. The fourth-order valence-electron chi connectivity index (χ4n) is 1.94. The highest BCUT2D eigenvalue weighted by Crippen LogP contribution is 2.23. The van der Waals surface area contributed by atoms with Crippen molar-refractivity contribution in [2.75, 3.05) is 25.5 Å². The van der Waals surface area contributed by atoms with E-state index in [0.29, 0.717) is 27.8 Å². The van der Waals surface area contributed by atoms with Crippen LogP contribution in [0, 0.1) is 0 Å². The van der Waals surface area contributed by atoms with Crippen LogP contribution in [0.4, 0.5) is 10.5 Å². The van der Waals surface area contributed by atoms with Crippen LogP contribution < -0.4 is 10.1 Å². The zero-order valence-corrected chi connectivity index (χ0v) is 12.2. The van der Waals surface area contributed by atoms with E-state index in [9.17, 15) is 19.2 Å². The molecule has 0 unspecified atom stereocenters. The molecule has 8 heteroatoms. The number of ether oxygens (including phenoxy) is 1. The summed E-state index contributed by atoms with van der Waals surface area (Å²) >= 11 is 0. The highest BCUT2D eigenvalue weighted by atomic mass is 16.5. The molecule has 0 saturated carbocycles. The zero-order chi connectivity index (χ0) is 16.3. The van der Waals surface area contributed by atoms with E-state index in [1.807, 2.05) is 6.92 Å². The van der Waals surface area contributed by atoms with E-state index in [2.05, 4.69) is 5.32 Å². The second-order valence-electron chi connectivity index (χ2n) is 4.52. The highest BCUT2D eigenvalue weighted by molar-refractivity contribution is 6.44. The van der Waals surface area contributed by atoms with Gasteiger partial charge in [-0.15, -0.1) is 0 Å². The van der Waals surface area contributed by atoms with Gasteiger partial charge < -0.3 is 10.1 Å². The van der Waals surface area contributed by atoms with Gasteiger partial charge in [-0.25, -0.2) is 9.69 Å². The minimum Gasteiger partial charge on any atom is -0.492 e. The maximum atomic E-state index is 12.0. The number of likely N-dealkylation sites (N-methyl/N-ethyl adjacent to an activating group) is 1. The molecule has 116 valence electrons. The number of nitrogens with one attached hydrogen (secondary N) is 1. The lowest BCUT2D eigenvalue weighted by Crippen LogP contribution is -2.38. The van der Waals surface area contributed by atoms with Gasteiger partial charge in [-0.3, -0.25) is 19.3 Å². The summed E-state index contributed by atoms with van der Waals surface area (Å²) in [6, 6.07) is 5.96. The van der Waals surface area contributed by atoms with Gasteiger partial charge in [0.15, 0.2) is 0 Å². The molecule has 0 atom stereocenters. The van der Waals surface area contributed by atoms with Crippen LogP contribution >= 0.6 is 0 Å². The van der Waals surface area contributed by atoms with E-state index in [0.717, 1.165) is 0 Å². The maximum Gasteiger partial charge on any atom is 0.334 e. The SMILES string of the molecule is CCOc1ccccc1NC(=O)CN1C(=O)C(=O)N(C)C1=O. The Hall–Kier alpha value is -2.90. The summed E-state index contributed by atoms with van der Waals surface area (Å²) < 4.78 is 5.36. The molecule has 8 nitrogen and oxygen atoms in total. The smallest absolute Gasteiger partial charge is 0.334 e. The van der Waals surface area contributed by atoms with Gasteiger partial charge >= 0.3 is 17.8 Å². The fraction of sp³-hybridized carbons (Fsp3) is 0.286. The molecule has 0 aromatic heterocycles. The largest absolute Gasteiger partial charge is 0.492 e. The number of rotatable bonds is 5. The number of imide groups is 2. The molecule has 1 N–H and O–H groups in total. The van der Waals surface area contributed by atoms with Gasteiger partial charge in [0.2, 0.25) is 5.91 Å². The third-order valence-electron chi connectivity index (χ3n) is 3.01. The number of nitrogens with zero attached hydrogens (tertiary/aromatic N) is 2. The topological polar surface area (TPSA) is 96.0 Å². The molecule has 0 aliphatic carbocycles. The predicted octanol–water partition coefficient (Wildman–Crippen LogP) is 0.444. The summed E-state index contributed by atoms with van der Waals surface area (Å²) in [6.45, 7) is 1.70. The van der Waals surface area contributed by atoms with Gasteiger partial charge in [0.05, 0.1) is 12.3 Å². The Bertz CT molecular complexity index is 643. The molecule has 5 amide bonds. The van der Waals surface area contributed by atoms with Gasteiger partial charge in [0.1, 0.15) is 12.3 Å². The monoisotopic (exact) mass is 305 g/mol. The number of hydrogen-bond acceptors (Lipinski definition) is 5. The lowest BCUT2D eigenvalue weighted by molar-refractivity contribution is -0.143. The molecule has 0 spiro atoms. The van der Waals surface area contributed by atoms with Gasteiger partial charge in [-0.2, -0.15) is 0 Å². The lowest BCUT2D eigenvalue weighted by Gasteiger charge is -2.14. The molecule has 1 heterocycles. The average molecular weight is 305 g/mol. The third-order valence-corrected chi connectivity index (χ3v) is 3.01. The van der Waals surface area contributed by atoms with Crippen molar-refractivity contribution >= 4 is 29.4 Å². The van der Waals surface area contributed by atoms with Crippen LogP contribution in [0.15, 0.2) is 24.3 Å². The van der Waals surface area contributed by atoms with Crippen LogP contribution in [0.25, 0.3) is 0 Å². The summed E-state index contributed by atoms with van der Waals surface area (Å²) in [6.07, 6.45) is 0. The number of urea groups is 1. The third kappa shape index (κ3) is 2.90. The maximum absolute atomic E-state index is 12.0. The number of benzene rings is 1. The van der Waals surface area contributed by atoms with Crippen molar-refractivity contribution in [1.29, 1.82) is 0 Å². The Labute approximate surface area is 126 Å². The summed E-state index contributed by atoms with van der Waals surface area (Å²) in [4.78, 5) is 47.9. The number of carbonyl (C=O) groups excluding carboxylic acids is 4. The molecular weight excluding hydrogens is 290 g/mol. The van der Waals surface area contributed by atoms with Crippen LogP contribution in [0.2, 0.25) is 0 Å². The van der Waals surface area contributed by atoms with Crippen molar-refractivity contribution < 1.29 is 23.9 Å². The van der Waals surface area contributed by atoms with Crippen molar-refractivity contribution in [1.82, 2.24) is 9.80 Å². The molecule has 2 rings (SSSR count). The minimum absolute atomic E-state index is 0.424. The van der Waals surface area contributed by atoms with Crippen LogP contribution in [0.5, 0.6) is 5.75 Å². The Kier molecular flexibility index (Phi) is 4.40. The fourth-order valence-corrected chi connectivity index (χ4v) is 1.94. The summed E-state index contributed by atoms with van der Waals surface area (Å²) in [5.74, 6) is -2.09. The second kappa shape index (κ2) is 6.25. The number of carbonyl (C=O) groups is 4. The molecule has 1 aromatic carbocycles. The molecule has 0 radical (unpaired) electrons. The van der Waals surface area contributed by atoms with Gasteiger partial charge in [0, 0.05) is 7.05 Å². The van der Waals surface area contributed by atoms with Crippen molar-refractivity contribution in [2.45, 2.75) is 6.92 Å². The minimum atomic E-state index is -1.01. The Morgan fingerprint density at radius 3 is 2.45 bits per heavy atom. The van der Waals surface area contributed by atoms with Gasteiger partial charge in [-0.1, -0.05) is 12.1 Å². The molecule has 1 fully saturated rings. The molecule has 0 bridgehead atoms. The van der Waals surface area contributed by atoms with Gasteiger partial charge in [0.25, 0.3) is 0 Å². The standard InChI is InChI=1S/C14H15N3O5/c1-3-22-10-7-5-4-6-9(10)15-11(18)8-17-13(20)12(19)16(2)14(17)21/h4-7H,3,8H2,1-2H3,(H,15,18). The first-order valence-electron chi connectivity index (χ1n) is 6.61. The number of para-hydroxylation sites is 2. The van der Waals surface area contributed by atoms with Crippen LogP contribution in [-0.4, -0.2) is 53.8 Å². The Balaban J connectivity index is 2.07. The average Bonchev–Trinajstić information content (AvgIpc) is 2.67. The Morgan fingerprint density at radius 1 is 1.18 bits per heavy atom. The molecular formula is C14H15N3O5. The van der Waals surface area contributed by atoms with Crippen LogP contribution in [0.3, 0.4) is 0 Å². The zero-order valence-electron chi connectivity index (χ0n) is 12.2. The predicted molar refractivity (Wildman–Crippen MR) is 76.1 cm³/mol.